The number of rotatable bonds is 4. The highest BCUT2D eigenvalue weighted by Gasteiger charge is 2.33. The van der Waals surface area contributed by atoms with E-state index >= 15 is 0 Å². The Bertz CT molecular complexity index is 292. The maximum atomic E-state index is 10.5. The molecular weight excluding hydrogens is 214 g/mol. The molecule has 0 aromatic rings. The van der Waals surface area contributed by atoms with Crippen molar-refractivity contribution < 1.29 is 30.4 Å². The van der Waals surface area contributed by atoms with Crippen LogP contribution in [0.1, 0.15) is 0 Å². The molecule has 0 aromatic heterocycles. The highest BCUT2D eigenvalue weighted by molar-refractivity contribution is 7.99. The summed E-state index contributed by atoms with van der Waals surface area (Å²) in [5, 5.41) is 8.51. The summed E-state index contributed by atoms with van der Waals surface area (Å²) in [5.74, 6) is 0. The predicted molar refractivity (Wildman–Crippen MR) is 35.5 cm³/mol. The van der Waals surface area contributed by atoms with Crippen LogP contribution in [-0.2, 0) is 29.0 Å². The van der Waals surface area contributed by atoms with Gasteiger partial charge in [-0.25, -0.2) is 0 Å². The van der Waals surface area contributed by atoms with Gasteiger partial charge in [0, 0.05) is 0 Å². The fourth-order valence-corrected chi connectivity index (χ4v) is 1.75. The van der Waals surface area contributed by atoms with Crippen LogP contribution in [0.5, 0.6) is 0 Å². The maximum Gasteiger partial charge on any atom is 0.376 e. The van der Waals surface area contributed by atoms with Crippen molar-refractivity contribution in [2.24, 2.45) is 0 Å². The molecule has 1 N–H and O–H groups in total. The molecule has 8 nitrogen and oxygen atoms in total. The van der Waals surface area contributed by atoms with Crippen LogP contribution in [0.25, 0.3) is 0 Å². The lowest BCUT2D eigenvalue weighted by Crippen LogP contribution is -2.35. The van der Waals surface area contributed by atoms with Gasteiger partial charge in [0.1, 0.15) is 0 Å². The predicted octanol–water partition coefficient (Wildman–Crippen LogP) is -1.54. The van der Waals surface area contributed by atoms with Crippen molar-refractivity contribution in [3.63, 3.8) is 0 Å². The molecule has 0 spiro atoms. The van der Waals surface area contributed by atoms with Crippen molar-refractivity contribution in [2.45, 2.75) is 0 Å². The van der Waals surface area contributed by atoms with Crippen LogP contribution in [-0.4, -0.2) is 40.1 Å². The molecule has 0 amide bonds. The molecule has 0 rings (SSSR count). The van der Waals surface area contributed by atoms with Gasteiger partial charge in [0.2, 0.25) is 0 Å². The molecule has 10 heteroatoms. The Kier molecular flexibility index (Phi) is 3.56. The maximum absolute atomic E-state index is 10.5. The Labute approximate surface area is 69.8 Å². The largest absolute Gasteiger partial charge is 0.376 e. The Morgan fingerprint density at radius 3 is 1.42 bits per heavy atom. The first-order chi connectivity index (χ1) is 5.28. The van der Waals surface area contributed by atoms with Crippen molar-refractivity contribution in [3.05, 3.63) is 0 Å². The summed E-state index contributed by atoms with van der Waals surface area (Å²) in [6, 6.07) is 0. The molecule has 0 unspecified atom stereocenters. The van der Waals surface area contributed by atoms with Crippen LogP contribution in [0.3, 0.4) is 0 Å². The minimum atomic E-state index is -4.69. The normalized spacial score (nSPS) is 13.7. The fourth-order valence-electron chi connectivity index (χ4n) is 0.239. The van der Waals surface area contributed by atoms with Gasteiger partial charge >= 0.3 is 20.6 Å². The molecule has 0 saturated heterocycles. The zero-order valence-electron chi connectivity index (χ0n) is 6.16. The van der Waals surface area contributed by atoms with Gasteiger partial charge in [-0.05, 0) is 0 Å². The molecule has 0 aromatic carbocycles. The molecule has 0 heterocycles. The van der Waals surface area contributed by atoms with Gasteiger partial charge in [-0.15, -0.1) is 0 Å². The quantitative estimate of drug-likeness (QED) is 0.572. The summed E-state index contributed by atoms with van der Waals surface area (Å²) in [7, 11) is -8.02. The van der Waals surface area contributed by atoms with E-state index in [0.29, 0.717) is 14.2 Å². The molecule has 0 aliphatic rings. The van der Waals surface area contributed by atoms with E-state index in [0.717, 1.165) is 0 Å². The van der Waals surface area contributed by atoms with E-state index in [1.807, 2.05) is 0 Å². The van der Waals surface area contributed by atoms with Crippen molar-refractivity contribution in [1.82, 2.24) is 3.87 Å². The first-order valence-corrected chi connectivity index (χ1v) is 5.11. The summed E-state index contributed by atoms with van der Waals surface area (Å²) in [5.41, 5.74) is 0. The molecule has 12 heavy (non-hydrogen) atoms. The SMILES string of the molecule is COS(=O)(=O)N(O)S(=O)(=O)OC. The minimum absolute atomic E-state index is 0.684. The third kappa shape index (κ3) is 2.36. The van der Waals surface area contributed by atoms with Crippen LogP contribution in [0.2, 0.25) is 0 Å². The zero-order chi connectivity index (χ0) is 9.99. The van der Waals surface area contributed by atoms with Gasteiger partial charge in [0.05, 0.1) is 18.1 Å². The van der Waals surface area contributed by atoms with Crippen LogP contribution >= 0.6 is 0 Å². The molecule has 0 bridgehead atoms. The molecule has 0 radical (unpaired) electrons. The molecule has 0 aliphatic heterocycles. The van der Waals surface area contributed by atoms with Gasteiger partial charge in [-0.1, -0.05) is 0 Å². The molecule has 74 valence electrons. The second kappa shape index (κ2) is 3.64. The minimum Gasteiger partial charge on any atom is -0.282 e. The van der Waals surface area contributed by atoms with Crippen LogP contribution in [0, 0.1) is 0 Å². The van der Waals surface area contributed by atoms with Crippen molar-refractivity contribution in [3.8, 4) is 0 Å². The highest BCUT2D eigenvalue weighted by Crippen LogP contribution is 2.05. The lowest BCUT2D eigenvalue weighted by Gasteiger charge is -2.10. The summed E-state index contributed by atoms with van der Waals surface area (Å²) in [6.07, 6.45) is 0. The molecular formula is C2H7NO7S2. The summed E-state index contributed by atoms with van der Waals surface area (Å²) in [6.45, 7) is 0. The average Bonchev–Trinajstić information content (AvgIpc) is 2.03. The van der Waals surface area contributed by atoms with Crippen LogP contribution < -0.4 is 0 Å². The Hall–Kier alpha value is -0.260. The number of hydrogen-bond donors (Lipinski definition) is 1. The zero-order valence-corrected chi connectivity index (χ0v) is 7.79. The van der Waals surface area contributed by atoms with Crippen molar-refractivity contribution >= 4 is 20.6 Å². The molecule has 0 fully saturated rings. The van der Waals surface area contributed by atoms with Crippen molar-refractivity contribution in [1.29, 1.82) is 0 Å². The van der Waals surface area contributed by atoms with Gasteiger partial charge in [0.25, 0.3) is 0 Å². The van der Waals surface area contributed by atoms with E-state index in [9.17, 15) is 16.8 Å². The van der Waals surface area contributed by atoms with Crippen LogP contribution in [0.15, 0.2) is 0 Å². The van der Waals surface area contributed by atoms with Gasteiger partial charge < -0.3 is 0 Å². The smallest absolute Gasteiger partial charge is 0.282 e. The third-order valence-corrected chi connectivity index (χ3v) is 3.51. The monoisotopic (exact) mass is 221 g/mol. The van der Waals surface area contributed by atoms with E-state index in [4.69, 9.17) is 5.21 Å². The first kappa shape index (κ1) is 11.7. The third-order valence-electron chi connectivity index (χ3n) is 0.804. The van der Waals surface area contributed by atoms with Gasteiger partial charge in [-0.3, -0.25) is 13.6 Å². The second-order valence-electron chi connectivity index (χ2n) is 1.43. The average molecular weight is 221 g/mol. The molecule has 0 aliphatic carbocycles. The van der Waals surface area contributed by atoms with E-state index in [-0.39, 0.29) is 0 Å². The van der Waals surface area contributed by atoms with Gasteiger partial charge in [-0.2, -0.15) is 16.8 Å². The highest BCUT2D eigenvalue weighted by atomic mass is 32.3. The lowest BCUT2D eigenvalue weighted by atomic mass is 11.8. The lowest BCUT2D eigenvalue weighted by molar-refractivity contribution is 0.0644. The number of hydrogen-bond acceptors (Lipinski definition) is 7. The van der Waals surface area contributed by atoms with E-state index in [1.165, 1.54) is 0 Å². The second-order valence-corrected chi connectivity index (χ2v) is 4.73. The Balaban J connectivity index is 5.00. The summed E-state index contributed by atoms with van der Waals surface area (Å²) < 4.78 is 48.3. The van der Waals surface area contributed by atoms with E-state index in [2.05, 4.69) is 8.37 Å². The van der Waals surface area contributed by atoms with E-state index in [1.54, 1.807) is 0 Å². The summed E-state index contributed by atoms with van der Waals surface area (Å²) >= 11 is 0. The first-order valence-electron chi connectivity index (χ1n) is 2.38. The summed E-state index contributed by atoms with van der Waals surface area (Å²) in [4.78, 5) is 0. The topological polar surface area (TPSA) is 110 Å². The Morgan fingerprint density at radius 2 is 1.25 bits per heavy atom. The van der Waals surface area contributed by atoms with Crippen LogP contribution in [0.4, 0.5) is 0 Å². The van der Waals surface area contributed by atoms with Gasteiger partial charge in [0.15, 0.2) is 0 Å². The Morgan fingerprint density at radius 1 is 1.00 bits per heavy atom. The molecule has 0 atom stereocenters. The van der Waals surface area contributed by atoms with Crippen molar-refractivity contribution in [2.75, 3.05) is 14.2 Å². The fraction of sp³-hybridized carbons (Fsp3) is 1.00. The standard InChI is InChI=1S/C2H7NO7S2/c1-9-11(5,6)3(4)12(7,8)10-2/h4H,1-2H3. The number of nitrogens with zero attached hydrogens (tertiary/aromatic N) is 1. The van der Waals surface area contributed by atoms with E-state index < -0.39 is 24.5 Å². The molecule has 0 saturated carbocycles.